The summed E-state index contributed by atoms with van der Waals surface area (Å²) in [5, 5.41) is 0. The Morgan fingerprint density at radius 3 is 2.89 bits per heavy atom. The van der Waals surface area contributed by atoms with Gasteiger partial charge < -0.3 is 0 Å². The van der Waals surface area contributed by atoms with E-state index < -0.39 is 0 Å². The third kappa shape index (κ3) is 4.34. The van der Waals surface area contributed by atoms with E-state index in [1.165, 1.54) is 38.5 Å². The van der Waals surface area contributed by atoms with E-state index in [1.54, 1.807) is 11.9 Å². The lowest BCUT2D eigenvalue weighted by atomic mass is 10.2. The van der Waals surface area contributed by atoms with Gasteiger partial charge in [-0.3, -0.25) is 9.52 Å². The summed E-state index contributed by atoms with van der Waals surface area (Å²) in [4.78, 5) is 11.9. The number of rotatable bonds is 8. The quantitative estimate of drug-likeness (QED) is 0.408. The largest absolute Gasteiger partial charge is 0.299 e. The Labute approximate surface area is 115 Å². The van der Waals surface area contributed by atoms with Crippen molar-refractivity contribution in [3.05, 3.63) is 12.2 Å². The molecular weight excluding hydrogens is 242 g/mol. The van der Waals surface area contributed by atoms with E-state index in [0.717, 1.165) is 6.42 Å². The first-order valence-electron chi connectivity index (χ1n) is 7.29. The zero-order valence-electron chi connectivity index (χ0n) is 11.6. The summed E-state index contributed by atoms with van der Waals surface area (Å²) in [6.07, 6.45) is 13.1. The molecule has 3 heteroatoms. The van der Waals surface area contributed by atoms with Gasteiger partial charge in [-0.2, -0.15) is 0 Å². The summed E-state index contributed by atoms with van der Waals surface area (Å²) in [5.74, 6) is 1.01. The molecule has 1 N–H and O–H groups in total. The van der Waals surface area contributed by atoms with Crippen LogP contribution in [0.4, 0.5) is 0 Å². The first-order valence-corrected chi connectivity index (χ1v) is 8.11. The first kappa shape index (κ1) is 14.0. The van der Waals surface area contributed by atoms with Crippen molar-refractivity contribution in [2.45, 2.75) is 63.5 Å². The Morgan fingerprint density at radius 1 is 1.44 bits per heavy atom. The highest BCUT2D eigenvalue weighted by Crippen LogP contribution is 2.47. The maximum Gasteiger partial charge on any atom is 0.233 e. The van der Waals surface area contributed by atoms with Crippen LogP contribution in [0, 0.1) is 11.8 Å². The van der Waals surface area contributed by atoms with Gasteiger partial charge in [-0.05, 0) is 56.9 Å². The fourth-order valence-electron chi connectivity index (χ4n) is 2.04. The minimum Gasteiger partial charge on any atom is -0.299 e. The summed E-state index contributed by atoms with van der Waals surface area (Å²) in [5.41, 5.74) is 0. The van der Waals surface area contributed by atoms with E-state index in [2.05, 4.69) is 30.7 Å². The van der Waals surface area contributed by atoms with Crippen LogP contribution in [0.15, 0.2) is 12.2 Å². The molecule has 2 saturated carbocycles. The maximum atomic E-state index is 11.9. The molecule has 0 bridgehead atoms. The minimum absolute atomic E-state index is 0.247. The predicted octanol–water partition coefficient (Wildman–Crippen LogP) is 4.08. The van der Waals surface area contributed by atoms with Gasteiger partial charge in [0.2, 0.25) is 5.91 Å². The van der Waals surface area contributed by atoms with E-state index in [4.69, 9.17) is 0 Å². The van der Waals surface area contributed by atoms with Crippen molar-refractivity contribution in [1.29, 1.82) is 0 Å². The summed E-state index contributed by atoms with van der Waals surface area (Å²) in [6.45, 7) is 4.44. The Hall–Kier alpha value is -0.440. The number of hydrogen-bond donors (Lipinski definition) is 1. The zero-order chi connectivity index (χ0) is 13.0. The fourth-order valence-corrected chi connectivity index (χ4v) is 2.84. The van der Waals surface area contributed by atoms with Crippen molar-refractivity contribution in [3.8, 4) is 0 Å². The molecule has 0 heterocycles. The normalized spacial score (nSPS) is 28.3. The molecular formula is C15H25NOS. The molecule has 102 valence electrons. The molecule has 0 spiro atoms. The van der Waals surface area contributed by atoms with Crippen LogP contribution in [-0.4, -0.2) is 10.7 Å². The van der Waals surface area contributed by atoms with E-state index in [9.17, 15) is 4.79 Å². The predicted molar refractivity (Wildman–Crippen MR) is 78.3 cm³/mol. The van der Waals surface area contributed by atoms with E-state index >= 15 is 0 Å². The average molecular weight is 267 g/mol. The summed E-state index contributed by atoms with van der Waals surface area (Å²) in [6, 6.07) is 0. The standard InChI is InChI=1S/C15H25NOS/c1-3-4-5-6-7-8-12-11-13(12)14(17)16-18-15(2)9-10-15/h7-8,12-13H,3-6,9-11H2,1-2H3,(H,16,17)/b8-7-/t12?,13-/m0/s1. The molecule has 0 aromatic carbocycles. The molecule has 0 aromatic rings. The number of nitrogens with one attached hydrogen (secondary N) is 1. The Balaban J connectivity index is 1.57. The highest BCUT2D eigenvalue weighted by Gasteiger charge is 2.43. The lowest BCUT2D eigenvalue weighted by Crippen LogP contribution is -2.21. The van der Waals surface area contributed by atoms with Gasteiger partial charge in [-0.1, -0.05) is 31.9 Å². The molecule has 0 aliphatic heterocycles. The topological polar surface area (TPSA) is 29.1 Å². The monoisotopic (exact) mass is 267 g/mol. The molecule has 1 amide bonds. The lowest BCUT2D eigenvalue weighted by Gasteiger charge is -2.08. The molecule has 2 aliphatic carbocycles. The summed E-state index contributed by atoms with van der Waals surface area (Å²) >= 11 is 1.63. The molecule has 2 rings (SSSR count). The number of amides is 1. The van der Waals surface area contributed by atoms with Crippen LogP contribution in [0.25, 0.3) is 0 Å². The third-order valence-electron chi connectivity index (χ3n) is 3.89. The zero-order valence-corrected chi connectivity index (χ0v) is 12.4. The first-order chi connectivity index (χ1) is 8.64. The van der Waals surface area contributed by atoms with E-state index in [1.807, 2.05) is 0 Å². The molecule has 2 aliphatic rings. The highest BCUT2D eigenvalue weighted by molar-refractivity contribution is 7.99. The number of allylic oxidation sites excluding steroid dienone is 2. The smallest absolute Gasteiger partial charge is 0.233 e. The Bertz CT molecular complexity index is 322. The van der Waals surface area contributed by atoms with Crippen LogP contribution in [0.3, 0.4) is 0 Å². The molecule has 0 saturated heterocycles. The second-order valence-corrected chi connectivity index (χ2v) is 7.34. The number of carbonyl (C=O) groups excluding carboxylic acids is 1. The van der Waals surface area contributed by atoms with Crippen molar-refractivity contribution in [2.75, 3.05) is 0 Å². The molecule has 0 aromatic heterocycles. The fraction of sp³-hybridized carbons (Fsp3) is 0.800. The van der Waals surface area contributed by atoms with Crippen LogP contribution in [0.1, 0.15) is 58.8 Å². The second-order valence-electron chi connectivity index (χ2n) is 5.95. The van der Waals surface area contributed by atoms with Gasteiger partial charge >= 0.3 is 0 Å². The van der Waals surface area contributed by atoms with Gasteiger partial charge in [-0.25, -0.2) is 0 Å². The van der Waals surface area contributed by atoms with Crippen LogP contribution in [-0.2, 0) is 4.79 Å². The number of hydrogen-bond acceptors (Lipinski definition) is 2. The van der Waals surface area contributed by atoms with Crippen LogP contribution >= 0.6 is 11.9 Å². The van der Waals surface area contributed by atoms with Gasteiger partial charge in [0.15, 0.2) is 0 Å². The van der Waals surface area contributed by atoms with Gasteiger partial charge in [0.25, 0.3) is 0 Å². The van der Waals surface area contributed by atoms with Crippen molar-refractivity contribution >= 4 is 17.9 Å². The summed E-state index contributed by atoms with van der Waals surface area (Å²) < 4.78 is 3.37. The molecule has 2 fully saturated rings. The lowest BCUT2D eigenvalue weighted by molar-refractivity contribution is -0.120. The van der Waals surface area contributed by atoms with Crippen LogP contribution in [0.5, 0.6) is 0 Å². The second kappa shape index (κ2) is 6.14. The van der Waals surface area contributed by atoms with Gasteiger partial charge in [0.05, 0.1) is 0 Å². The van der Waals surface area contributed by atoms with E-state index in [-0.39, 0.29) is 11.8 Å². The Kier molecular flexibility index (Phi) is 4.77. The highest BCUT2D eigenvalue weighted by atomic mass is 32.2. The van der Waals surface area contributed by atoms with Crippen LogP contribution in [0.2, 0.25) is 0 Å². The van der Waals surface area contributed by atoms with Gasteiger partial charge in [0, 0.05) is 10.7 Å². The molecule has 18 heavy (non-hydrogen) atoms. The van der Waals surface area contributed by atoms with Crippen LogP contribution < -0.4 is 4.72 Å². The van der Waals surface area contributed by atoms with Gasteiger partial charge in [-0.15, -0.1) is 0 Å². The Morgan fingerprint density at radius 2 is 2.22 bits per heavy atom. The average Bonchev–Trinajstić information content (AvgIpc) is 3.25. The third-order valence-corrected chi connectivity index (χ3v) is 5.09. The molecule has 2 atom stereocenters. The number of carbonyl (C=O) groups is 1. The van der Waals surface area contributed by atoms with Gasteiger partial charge in [0.1, 0.15) is 0 Å². The SMILES string of the molecule is CCCCC/C=C\C1C[C@@H]1C(=O)NSC1(C)CC1. The molecule has 1 unspecified atom stereocenters. The number of unbranched alkanes of at least 4 members (excludes halogenated alkanes) is 3. The van der Waals surface area contributed by atoms with Crippen molar-refractivity contribution in [1.82, 2.24) is 4.72 Å². The minimum atomic E-state index is 0.247. The maximum absolute atomic E-state index is 11.9. The molecule has 0 radical (unpaired) electrons. The van der Waals surface area contributed by atoms with Crippen molar-refractivity contribution in [3.63, 3.8) is 0 Å². The van der Waals surface area contributed by atoms with E-state index in [0.29, 0.717) is 10.7 Å². The van der Waals surface area contributed by atoms with Crippen molar-refractivity contribution < 1.29 is 4.79 Å². The van der Waals surface area contributed by atoms with Crippen molar-refractivity contribution in [2.24, 2.45) is 11.8 Å². The summed E-state index contributed by atoms with van der Waals surface area (Å²) in [7, 11) is 0. The molecule has 2 nitrogen and oxygen atoms in total.